The van der Waals surface area contributed by atoms with Crippen molar-refractivity contribution in [1.29, 1.82) is 5.26 Å². The highest BCUT2D eigenvalue weighted by Gasteiger charge is 1.98. The van der Waals surface area contributed by atoms with Crippen molar-refractivity contribution in [1.82, 2.24) is 0 Å². The minimum Gasteiger partial charge on any atom is -0.469 e. The molecule has 0 heterocycles. The number of ether oxygens (including phenoxy) is 1. The van der Waals surface area contributed by atoms with Crippen molar-refractivity contribution in [2.45, 2.75) is 44.9 Å². The van der Waals surface area contributed by atoms with Gasteiger partial charge in [-0.1, -0.05) is 25.3 Å². The Hall–Kier alpha value is -1.30. The monoisotopic (exact) mass is 209 g/mol. The predicted octanol–water partition coefficient (Wildman–Crippen LogP) is 2.97. The molecule has 3 heteroatoms. The van der Waals surface area contributed by atoms with Crippen molar-refractivity contribution < 1.29 is 9.53 Å². The van der Waals surface area contributed by atoms with Gasteiger partial charge in [0, 0.05) is 12.5 Å². The molecule has 0 saturated heterocycles. The molecule has 0 amide bonds. The number of esters is 1. The minimum absolute atomic E-state index is 0.119. The number of carbonyl (C=O) groups is 1. The van der Waals surface area contributed by atoms with E-state index in [0.717, 1.165) is 38.5 Å². The molecule has 84 valence electrons. The van der Waals surface area contributed by atoms with Crippen LogP contribution >= 0.6 is 0 Å². The second-order valence-electron chi connectivity index (χ2n) is 3.41. The second kappa shape index (κ2) is 10.8. The van der Waals surface area contributed by atoms with E-state index in [2.05, 4.69) is 4.74 Å². The van der Waals surface area contributed by atoms with Gasteiger partial charge in [-0.2, -0.15) is 5.26 Å². The first-order valence-electron chi connectivity index (χ1n) is 5.42. The summed E-state index contributed by atoms with van der Waals surface area (Å²) >= 11 is 0. The molecule has 0 radical (unpaired) electrons. The molecule has 3 nitrogen and oxygen atoms in total. The maximum absolute atomic E-state index is 10.8. The molecule has 0 aromatic carbocycles. The normalized spacial score (nSPS) is 10.1. The van der Waals surface area contributed by atoms with Gasteiger partial charge in [-0.3, -0.25) is 4.79 Å². The lowest BCUT2D eigenvalue weighted by Gasteiger charge is -1.99. The lowest BCUT2D eigenvalue weighted by molar-refractivity contribution is -0.140. The van der Waals surface area contributed by atoms with Gasteiger partial charge in [0.1, 0.15) is 0 Å². The standard InChI is InChI=1S/C12H19NO2/c1-15-12(14)10-8-6-4-2-3-5-7-9-11-13/h7,9H,2-6,8,10H2,1H3. The van der Waals surface area contributed by atoms with Crippen LogP contribution in [0.15, 0.2) is 12.2 Å². The number of nitriles is 1. The molecular weight excluding hydrogens is 190 g/mol. The minimum atomic E-state index is -0.119. The molecule has 0 fully saturated rings. The van der Waals surface area contributed by atoms with E-state index in [1.54, 1.807) is 0 Å². The van der Waals surface area contributed by atoms with E-state index in [1.807, 2.05) is 12.1 Å². The fourth-order valence-corrected chi connectivity index (χ4v) is 1.30. The smallest absolute Gasteiger partial charge is 0.305 e. The Morgan fingerprint density at radius 3 is 2.60 bits per heavy atom. The molecule has 15 heavy (non-hydrogen) atoms. The summed E-state index contributed by atoms with van der Waals surface area (Å²) in [5, 5.41) is 8.23. The van der Waals surface area contributed by atoms with E-state index in [0.29, 0.717) is 6.42 Å². The second-order valence-corrected chi connectivity index (χ2v) is 3.41. The average Bonchev–Trinajstić information content (AvgIpc) is 2.26. The van der Waals surface area contributed by atoms with Crippen LogP contribution in [0.1, 0.15) is 44.9 Å². The Morgan fingerprint density at radius 1 is 1.27 bits per heavy atom. The Balaban J connectivity index is 3.09. The molecule has 0 bridgehead atoms. The van der Waals surface area contributed by atoms with Gasteiger partial charge in [-0.05, 0) is 19.3 Å². The highest BCUT2D eigenvalue weighted by molar-refractivity contribution is 5.68. The molecule has 0 aliphatic carbocycles. The number of hydrogen-bond acceptors (Lipinski definition) is 3. The lowest BCUT2D eigenvalue weighted by atomic mass is 10.1. The zero-order chi connectivity index (χ0) is 11.4. The summed E-state index contributed by atoms with van der Waals surface area (Å²) in [4.78, 5) is 10.8. The van der Waals surface area contributed by atoms with Crippen LogP contribution in [0, 0.1) is 11.3 Å². The molecule has 0 atom stereocenters. The summed E-state index contributed by atoms with van der Waals surface area (Å²) in [6.45, 7) is 0. The first kappa shape index (κ1) is 13.7. The quantitative estimate of drug-likeness (QED) is 0.351. The summed E-state index contributed by atoms with van der Waals surface area (Å²) in [5.74, 6) is -0.119. The van der Waals surface area contributed by atoms with Gasteiger partial charge in [-0.25, -0.2) is 0 Å². The van der Waals surface area contributed by atoms with Crippen molar-refractivity contribution in [3.8, 4) is 6.07 Å². The van der Waals surface area contributed by atoms with E-state index in [1.165, 1.54) is 13.2 Å². The Morgan fingerprint density at radius 2 is 1.93 bits per heavy atom. The lowest BCUT2D eigenvalue weighted by Crippen LogP contribution is -1.98. The fourth-order valence-electron chi connectivity index (χ4n) is 1.30. The maximum atomic E-state index is 10.8. The van der Waals surface area contributed by atoms with Crippen molar-refractivity contribution in [2.24, 2.45) is 0 Å². The molecular formula is C12H19NO2. The Labute approximate surface area is 91.7 Å². The number of unbranched alkanes of at least 4 members (excludes halogenated alkanes) is 5. The number of rotatable bonds is 8. The van der Waals surface area contributed by atoms with Crippen LogP contribution in [-0.4, -0.2) is 13.1 Å². The molecule has 0 aliphatic heterocycles. The number of hydrogen-bond donors (Lipinski definition) is 0. The molecule has 0 spiro atoms. The van der Waals surface area contributed by atoms with Gasteiger partial charge < -0.3 is 4.74 Å². The topological polar surface area (TPSA) is 50.1 Å². The number of methoxy groups -OCH3 is 1. The highest BCUT2D eigenvalue weighted by atomic mass is 16.5. The molecule has 0 aromatic rings. The average molecular weight is 209 g/mol. The Bertz CT molecular complexity index is 228. The van der Waals surface area contributed by atoms with Crippen LogP contribution in [0.2, 0.25) is 0 Å². The summed E-state index contributed by atoms with van der Waals surface area (Å²) < 4.78 is 4.54. The van der Waals surface area contributed by atoms with Gasteiger partial charge in [0.15, 0.2) is 0 Å². The van der Waals surface area contributed by atoms with Crippen molar-refractivity contribution in [2.75, 3.05) is 7.11 Å². The summed E-state index contributed by atoms with van der Waals surface area (Å²) in [7, 11) is 1.42. The van der Waals surface area contributed by atoms with Gasteiger partial charge >= 0.3 is 5.97 Å². The van der Waals surface area contributed by atoms with Crippen LogP contribution in [0.4, 0.5) is 0 Å². The van der Waals surface area contributed by atoms with Crippen LogP contribution in [0.25, 0.3) is 0 Å². The molecule has 0 aromatic heterocycles. The largest absolute Gasteiger partial charge is 0.469 e. The van der Waals surface area contributed by atoms with E-state index >= 15 is 0 Å². The summed E-state index contributed by atoms with van der Waals surface area (Å²) in [6.07, 6.45) is 10.4. The van der Waals surface area contributed by atoms with Crippen LogP contribution in [0.3, 0.4) is 0 Å². The van der Waals surface area contributed by atoms with E-state index in [-0.39, 0.29) is 5.97 Å². The van der Waals surface area contributed by atoms with Gasteiger partial charge in [0.2, 0.25) is 0 Å². The van der Waals surface area contributed by atoms with Crippen LogP contribution < -0.4 is 0 Å². The number of carbonyl (C=O) groups excluding carboxylic acids is 1. The molecule has 0 aliphatic rings. The van der Waals surface area contributed by atoms with E-state index in [9.17, 15) is 4.79 Å². The summed E-state index contributed by atoms with van der Waals surface area (Å²) in [6, 6.07) is 1.97. The third kappa shape index (κ3) is 10.6. The first-order chi connectivity index (χ1) is 7.31. The van der Waals surface area contributed by atoms with Crippen LogP contribution in [0.5, 0.6) is 0 Å². The third-order valence-electron chi connectivity index (χ3n) is 2.17. The fraction of sp³-hybridized carbons (Fsp3) is 0.667. The third-order valence-corrected chi connectivity index (χ3v) is 2.17. The summed E-state index contributed by atoms with van der Waals surface area (Å²) in [5.41, 5.74) is 0. The van der Waals surface area contributed by atoms with Gasteiger partial charge in [0.05, 0.1) is 13.2 Å². The van der Waals surface area contributed by atoms with E-state index in [4.69, 9.17) is 5.26 Å². The van der Waals surface area contributed by atoms with Gasteiger partial charge in [0.25, 0.3) is 0 Å². The van der Waals surface area contributed by atoms with Crippen LogP contribution in [-0.2, 0) is 9.53 Å². The van der Waals surface area contributed by atoms with Gasteiger partial charge in [-0.15, -0.1) is 0 Å². The molecule has 0 unspecified atom stereocenters. The molecule has 0 rings (SSSR count). The predicted molar refractivity (Wildman–Crippen MR) is 59.1 cm³/mol. The highest BCUT2D eigenvalue weighted by Crippen LogP contribution is 2.07. The number of nitrogens with zero attached hydrogens (tertiary/aromatic N) is 1. The maximum Gasteiger partial charge on any atom is 0.305 e. The Kier molecular flexibility index (Phi) is 9.84. The SMILES string of the molecule is COC(=O)CCCCCCCC=CC#N. The van der Waals surface area contributed by atoms with Crippen molar-refractivity contribution >= 4 is 5.97 Å². The van der Waals surface area contributed by atoms with Crippen molar-refractivity contribution in [3.63, 3.8) is 0 Å². The number of allylic oxidation sites excluding steroid dienone is 2. The first-order valence-corrected chi connectivity index (χ1v) is 5.42. The zero-order valence-corrected chi connectivity index (χ0v) is 9.37. The molecule has 0 saturated carbocycles. The molecule has 0 N–H and O–H groups in total. The zero-order valence-electron chi connectivity index (χ0n) is 9.37. The van der Waals surface area contributed by atoms with E-state index < -0.39 is 0 Å². The van der Waals surface area contributed by atoms with Crippen molar-refractivity contribution in [3.05, 3.63) is 12.2 Å².